The van der Waals surface area contributed by atoms with Crippen LogP contribution < -0.4 is 5.32 Å². The molecule has 0 bridgehead atoms. The fourth-order valence-corrected chi connectivity index (χ4v) is 5.02. The first kappa shape index (κ1) is 22.0. The third-order valence-corrected chi connectivity index (χ3v) is 6.55. The van der Waals surface area contributed by atoms with Crippen LogP contribution in [0.15, 0.2) is 24.4 Å². The van der Waals surface area contributed by atoms with Crippen molar-refractivity contribution in [3.05, 3.63) is 46.9 Å². The molecular weight excluding hydrogens is 434 g/mol. The fourth-order valence-electron chi connectivity index (χ4n) is 3.64. The minimum absolute atomic E-state index is 0.395. The maximum atomic E-state index is 12.3. The molecule has 0 aliphatic carbocycles. The van der Waals surface area contributed by atoms with Gasteiger partial charge in [-0.3, -0.25) is 5.32 Å². The zero-order valence-electron chi connectivity index (χ0n) is 17.8. The van der Waals surface area contributed by atoms with Gasteiger partial charge in [0.2, 0.25) is 0 Å². The minimum Gasteiger partial charge on any atom is -0.444 e. The molecule has 163 valence electrons. The van der Waals surface area contributed by atoms with Crippen LogP contribution in [0.2, 0.25) is 5.02 Å². The number of pyridine rings is 1. The summed E-state index contributed by atoms with van der Waals surface area (Å²) in [6, 6.07) is 5.54. The van der Waals surface area contributed by atoms with Crippen LogP contribution in [0.5, 0.6) is 0 Å². The van der Waals surface area contributed by atoms with E-state index < -0.39 is 11.7 Å². The highest BCUT2D eigenvalue weighted by Crippen LogP contribution is 2.40. The molecule has 1 fully saturated rings. The molecule has 8 heteroatoms. The summed E-state index contributed by atoms with van der Waals surface area (Å²) in [5.74, 6) is 0.820. The number of ether oxygens (including phenoxy) is 2. The molecule has 0 saturated carbocycles. The molecule has 1 aliphatic heterocycles. The predicted octanol–water partition coefficient (Wildman–Crippen LogP) is 6.43. The molecule has 3 heterocycles. The van der Waals surface area contributed by atoms with Crippen molar-refractivity contribution < 1.29 is 14.3 Å². The molecule has 0 atom stereocenters. The van der Waals surface area contributed by atoms with E-state index in [2.05, 4.69) is 17.2 Å². The van der Waals surface area contributed by atoms with Gasteiger partial charge >= 0.3 is 6.09 Å². The zero-order chi connectivity index (χ0) is 22.2. The zero-order valence-corrected chi connectivity index (χ0v) is 19.4. The number of halogens is 1. The van der Waals surface area contributed by atoms with Crippen molar-refractivity contribution >= 4 is 45.6 Å². The first-order valence-corrected chi connectivity index (χ1v) is 11.4. The average Bonchev–Trinajstić information content (AvgIpc) is 3.09. The maximum absolute atomic E-state index is 12.3. The van der Waals surface area contributed by atoms with Crippen LogP contribution >= 0.6 is 22.9 Å². The van der Waals surface area contributed by atoms with E-state index in [1.54, 1.807) is 23.6 Å². The number of fused-ring (bicyclic) bond motifs is 1. The number of anilines is 1. The van der Waals surface area contributed by atoms with Crippen LogP contribution in [0.4, 0.5) is 10.6 Å². The second-order valence-corrected chi connectivity index (χ2v) is 10.0. The Morgan fingerprint density at radius 2 is 2.03 bits per heavy atom. The van der Waals surface area contributed by atoms with E-state index in [0.717, 1.165) is 53.1 Å². The Morgan fingerprint density at radius 1 is 1.29 bits per heavy atom. The molecular formula is C23H25ClN3O3S. The Balaban J connectivity index is 1.72. The highest BCUT2D eigenvalue weighted by Gasteiger charge is 2.23. The third-order valence-electron chi connectivity index (χ3n) is 5.02. The van der Waals surface area contributed by atoms with E-state index in [0.29, 0.717) is 16.8 Å². The number of hydrogen-bond acceptors (Lipinski definition) is 6. The highest BCUT2D eigenvalue weighted by atomic mass is 35.5. The van der Waals surface area contributed by atoms with Crippen molar-refractivity contribution in [3.63, 3.8) is 0 Å². The topological polar surface area (TPSA) is 73.3 Å². The molecule has 4 rings (SSSR count). The number of thiazole rings is 1. The van der Waals surface area contributed by atoms with Crippen molar-refractivity contribution in [1.82, 2.24) is 9.97 Å². The van der Waals surface area contributed by atoms with Crippen LogP contribution in [-0.4, -0.2) is 34.9 Å². The lowest BCUT2D eigenvalue weighted by Gasteiger charge is -2.21. The van der Waals surface area contributed by atoms with Crippen LogP contribution in [0.1, 0.15) is 50.1 Å². The van der Waals surface area contributed by atoms with Crippen LogP contribution in [0, 0.1) is 6.92 Å². The number of carbonyl (C=O) groups is 1. The molecule has 0 spiro atoms. The second kappa shape index (κ2) is 8.73. The predicted molar refractivity (Wildman–Crippen MR) is 125 cm³/mol. The lowest BCUT2D eigenvalue weighted by atomic mass is 9.97. The van der Waals surface area contributed by atoms with Gasteiger partial charge in [-0.05, 0) is 64.0 Å². The van der Waals surface area contributed by atoms with Gasteiger partial charge in [-0.15, -0.1) is 11.3 Å². The highest BCUT2D eigenvalue weighted by molar-refractivity contribution is 7.15. The van der Waals surface area contributed by atoms with Gasteiger partial charge in [0.25, 0.3) is 0 Å². The van der Waals surface area contributed by atoms with Gasteiger partial charge in [0.1, 0.15) is 16.4 Å². The van der Waals surface area contributed by atoms with Gasteiger partial charge < -0.3 is 9.47 Å². The fraction of sp³-hybridized carbons (Fsp3) is 0.391. The molecule has 1 aromatic carbocycles. The van der Waals surface area contributed by atoms with Gasteiger partial charge in [-0.2, -0.15) is 0 Å². The average molecular weight is 459 g/mol. The van der Waals surface area contributed by atoms with E-state index in [4.69, 9.17) is 26.1 Å². The number of amides is 1. The number of rotatable bonds is 3. The van der Waals surface area contributed by atoms with Crippen molar-refractivity contribution in [1.29, 1.82) is 0 Å². The molecule has 31 heavy (non-hydrogen) atoms. The molecule has 1 saturated heterocycles. The van der Waals surface area contributed by atoms with Crippen molar-refractivity contribution in [3.8, 4) is 10.6 Å². The molecule has 1 N–H and O–H groups in total. The second-order valence-electron chi connectivity index (χ2n) is 8.55. The molecule has 3 aromatic rings. The quantitative estimate of drug-likeness (QED) is 0.489. The maximum Gasteiger partial charge on any atom is 0.413 e. The van der Waals surface area contributed by atoms with Crippen LogP contribution in [0.3, 0.4) is 0 Å². The summed E-state index contributed by atoms with van der Waals surface area (Å²) in [4.78, 5) is 22.8. The number of aromatic nitrogens is 2. The normalized spacial score (nSPS) is 15.3. The van der Waals surface area contributed by atoms with Gasteiger partial charge in [0.05, 0.1) is 5.69 Å². The minimum atomic E-state index is -0.608. The van der Waals surface area contributed by atoms with E-state index in [1.165, 1.54) is 4.88 Å². The Hall–Kier alpha value is -2.22. The molecule has 6 nitrogen and oxygen atoms in total. The summed E-state index contributed by atoms with van der Waals surface area (Å²) in [5.41, 5.74) is 1.09. The summed E-state index contributed by atoms with van der Waals surface area (Å²) in [6.07, 6.45) is 3.13. The van der Waals surface area contributed by atoms with E-state index in [1.807, 2.05) is 32.9 Å². The van der Waals surface area contributed by atoms with Gasteiger partial charge in [-0.25, -0.2) is 14.8 Å². The first-order valence-electron chi connectivity index (χ1n) is 10.2. The number of nitrogens with one attached hydrogen (secondary N) is 1. The van der Waals surface area contributed by atoms with Crippen molar-refractivity contribution in [2.45, 2.75) is 45.1 Å². The van der Waals surface area contributed by atoms with Crippen molar-refractivity contribution in [2.24, 2.45) is 0 Å². The lowest BCUT2D eigenvalue weighted by Crippen LogP contribution is -2.27. The largest absolute Gasteiger partial charge is 0.444 e. The Morgan fingerprint density at radius 3 is 2.74 bits per heavy atom. The van der Waals surface area contributed by atoms with Crippen molar-refractivity contribution in [2.75, 3.05) is 18.5 Å². The molecule has 1 radical (unpaired) electrons. The Kier molecular flexibility index (Phi) is 6.19. The van der Waals surface area contributed by atoms with E-state index in [9.17, 15) is 4.79 Å². The van der Waals surface area contributed by atoms with E-state index >= 15 is 0 Å². The first-order chi connectivity index (χ1) is 14.7. The molecule has 1 aliphatic rings. The number of nitrogens with zero attached hydrogens (tertiary/aromatic N) is 2. The van der Waals surface area contributed by atoms with E-state index in [-0.39, 0.29) is 0 Å². The third kappa shape index (κ3) is 5.00. The van der Waals surface area contributed by atoms with Crippen LogP contribution in [0.25, 0.3) is 21.3 Å². The standard InChI is InChI=1S/C23H25ClN3O3S/c1-13-19(14-7-9-29-10-8-14)31-21(26-13)18-12-25-20(27-22(28)30-23(2,3)4)17-11-15(24)5-6-16(17)18/h5-6,11-12,14H,1,7-10H2,2-4H3,(H,25,27,28). The van der Waals surface area contributed by atoms with Gasteiger partial charge in [0, 0.05) is 40.3 Å². The molecule has 2 aromatic heterocycles. The smallest absolute Gasteiger partial charge is 0.413 e. The summed E-state index contributed by atoms with van der Waals surface area (Å²) < 4.78 is 10.9. The Bertz CT molecular complexity index is 1120. The summed E-state index contributed by atoms with van der Waals surface area (Å²) in [7, 11) is 0. The number of benzene rings is 1. The summed E-state index contributed by atoms with van der Waals surface area (Å²) >= 11 is 7.91. The summed E-state index contributed by atoms with van der Waals surface area (Å²) in [6.45, 7) is 11.1. The molecule has 1 amide bonds. The monoisotopic (exact) mass is 458 g/mol. The number of carbonyl (C=O) groups excluding carboxylic acids is 1. The summed E-state index contributed by atoms with van der Waals surface area (Å²) in [5, 5.41) is 5.78. The Labute approximate surface area is 191 Å². The molecule has 0 unspecified atom stereocenters. The SMILES string of the molecule is [CH2]c1nc(-c2cnc(NC(=O)OC(C)(C)C)c3cc(Cl)ccc23)sc1C1CCOCC1. The van der Waals surface area contributed by atoms with Gasteiger partial charge in [0.15, 0.2) is 0 Å². The van der Waals surface area contributed by atoms with Crippen LogP contribution in [-0.2, 0) is 9.47 Å². The lowest BCUT2D eigenvalue weighted by molar-refractivity contribution is 0.0635. The van der Waals surface area contributed by atoms with Gasteiger partial charge in [-0.1, -0.05) is 17.7 Å². The number of hydrogen-bond donors (Lipinski definition) is 1.